The normalized spacial score (nSPS) is 14.3. The maximum atomic E-state index is 13.2. The van der Waals surface area contributed by atoms with Gasteiger partial charge in [0.1, 0.15) is 5.82 Å². The van der Waals surface area contributed by atoms with E-state index in [9.17, 15) is 14.0 Å². The number of nitrogens with one attached hydrogen (secondary N) is 1. The highest BCUT2D eigenvalue weighted by atomic mass is 19.1. The van der Waals surface area contributed by atoms with Gasteiger partial charge in [-0.15, -0.1) is 0 Å². The van der Waals surface area contributed by atoms with Crippen LogP contribution in [0.4, 0.5) is 14.9 Å². The first-order valence-electron chi connectivity index (χ1n) is 5.81. The number of amides is 2. The quantitative estimate of drug-likeness (QED) is 0.805. The molecule has 0 aliphatic carbocycles. The molecule has 2 rings (SSSR count). The van der Waals surface area contributed by atoms with Crippen LogP contribution in [0.2, 0.25) is 0 Å². The van der Waals surface area contributed by atoms with Crippen molar-refractivity contribution in [3.8, 4) is 0 Å². The fraction of sp³-hybridized carbons (Fsp3) is 0.231. The molecule has 2 N–H and O–H groups in total. The minimum absolute atomic E-state index is 0.262. The molecular weight excluding hydrogens is 251 g/mol. The van der Waals surface area contributed by atoms with Gasteiger partial charge in [-0.2, -0.15) is 0 Å². The number of carboxylic acid groups (broad SMARTS) is 1. The van der Waals surface area contributed by atoms with Crippen molar-refractivity contribution in [1.29, 1.82) is 0 Å². The van der Waals surface area contributed by atoms with Crippen molar-refractivity contribution in [3.05, 3.63) is 41.7 Å². The molecule has 6 heteroatoms. The Labute approximate surface area is 109 Å². The second kappa shape index (κ2) is 5.51. The van der Waals surface area contributed by atoms with Gasteiger partial charge in [-0.1, -0.05) is 12.2 Å². The van der Waals surface area contributed by atoms with Crippen LogP contribution in [-0.2, 0) is 0 Å². The molecule has 2 amide bonds. The lowest BCUT2D eigenvalue weighted by Crippen LogP contribution is -2.37. The number of hydrogen-bond acceptors (Lipinski definition) is 2. The Kier molecular flexibility index (Phi) is 3.79. The number of urea groups is 1. The van der Waals surface area contributed by atoms with Gasteiger partial charge in [0.2, 0.25) is 0 Å². The van der Waals surface area contributed by atoms with Crippen LogP contribution in [0.25, 0.3) is 0 Å². The summed E-state index contributed by atoms with van der Waals surface area (Å²) in [7, 11) is 0. The lowest BCUT2D eigenvalue weighted by Gasteiger charge is -2.23. The van der Waals surface area contributed by atoms with Gasteiger partial charge in [-0.25, -0.2) is 14.0 Å². The Bertz CT molecular complexity index is 543. The lowest BCUT2D eigenvalue weighted by atomic mass is 10.2. The topological polar surface area (TPSA) is 69.6 Å². The third-order valence-electron chi connectivity index (χ3n) is 2.79. The first kappa shape index (κ1) is 13.1. The molecule has 0 saturated heterocycles. The Balaban J connectivity index is 2.10. The first-order valence-corrected chi connectivity index (χ1v) is 5.81. The molecule has 0 bridgehead atoms. The molecule has 0 aromatic heterocycles. The third kappa shape index (κ3) is 3.09. The molecule has 0 spiro atoms. The third-order valence-corrected chi connectivity index (χ3v) is 2.79. The SMILES string of the molecule is O=C(O)c1cc(NC(=O)N2CC=CCC2)ccc1F. The summed E-state index contributed by atoms with van der Waals surface area (Å²) >= 11 is 0. The van der Waals surface area contributed by atoms with Gasteiger partial charge in [0, 0.05) is 18.8 Å². The van der Waals surface area contributed by atoms with Crippen molar-refractivity contribution in [3.63, 3.8) is 0 Å². The number of carbonyl (C=O) groups excluding carboxylic acids is 1. The molecule has 0 saturated carbocycles. The minimum atomic E-state index is -1.37. The van der Waals surface area contributed by atoms with Gasteiger partial charge in [0.05, 0.1) is 5.56 Å². The molecule has 1 aromatic rings. The van der Waals surface area contributed by atoms with Crippen LogP contribution < -0.4 is 5.32 Å². The summed E-state index contributed by atoms with van der Waals surface area (Å²) in [5.74, 6) is -2.19. The maximum Gasteiger partial charge on any atom is 0.338 e. The highest BCUT2D eigenvalue weighted by Gasteiger charge is 2.16. The largest absolute Gasteiger partial charge is 0.478 e. The number of nitrogens with zero attached hydrogens (tertiary/aromatic N) is 1. The standard InChI is InChI=1S/C13H13FN2O3/c14-11-5-4-9(8-10(11)12(17)18)15-13(19)16-6-2-1-3-7-16/h1-2,4-5,8H,3,6-7H2,(H,15,19)(H,17,18). The number of halogens is 1. The van der Waals surface area contributed by atoms with E-state index in [1.807, 2.05) is 12.2 Å². The second-order valence-electron chi connectivity index (χ2n) is 4.14. The van der Waals surface area contributed by atoms with Crippen LogP contribution in [0.5, 0.6) is 0 Å². The van der Waals surface area contributed by atoms with E-state index in [2.05, 4.69) is 5.32 Å². The lowest BCUT2D eigenvalue weighted by molar-refractivity contribution is 0.0692. The summed E-state index contributed by atoms with van der Waals surface area (Å²) in [5, 5.41) is 11.4. The summed E-state index contributed by atoms with van der Waals surface area (Å²) in [4.78, 5) is 24.2. The molecule has 1 heterocycles. The van der Waals surface area contributed by atoms with Crippen molar-refractivity contribution in [2.24, 2.45) is 0 Å². The number of carboxylic acids is 1. The highest BCUT2D eigenvalue weighted by Crippen LogP contribution is 2.16. The zero-order chi connectivity index (χ0) is 13.8. The van der Waals surface area contributed by atoms with E-state index >= 15 is 0 Å². The van der Waals surface area contributed by atoms with E-state index in [-0.39, 0.29) is 11.7 Å². The molecule has 100 valence electrons. The van der Waals surface area contributed by atoms with Crippen molar-refractivity contribution in [2.45, 2.75) is 6.42 Å². The molecule has 1 aliphatic rings. The number of anilines is 1. The predicted octanol–water partition coefficient (Wildman–Crippen LogP) is 2.32. The molecule has 1 aliphatic heterocycles. The van der Waals surface area contributed by atoms with Gasteiger partial charge in [-0.3, -0.25) is 0 Å². The number of hydrogen-bond donors (Lipinski definition) is 2. The van der Waals surface area contributed by atoms with Crippen LogP contribution in [0.3, 0.4) is 0 Å². The van der Waals surface area contributed by atoms with Crippen molar-refractivity contribution < 1.29 is 19.1 Å². The zero-order valence-electron chi connectivity index (χ0n) is 10.1. The van der Waals surface area contributed by atoms with Crippen molar-refractivity contribution in [2.75, 3.05) is 18.4 Å². The van der Waals surface area contributed by atoms with Crippen LogP contribution in [-0.4, -0.2) is 35.1 Å². The summed E-state index contributed by atoms with van der Waals surface area (Å²) in [6, 6.07) is 3.14. The van der Waals surface area contributed by atoms with Crippen LogP contribution in [0.1, 0.15) is 16.8 Å². The Morgan fingerprint density at radius 1 is 1.32 bits per heavy atom. The molecule has 0 fully saturated rings. The monoisotopic (exact) mass is 264 g/mol. The Morgan fingerprint density at radius 2 is 2.11 bits per heavy atom. The van der Waals surface area contributed by atoms with Gasteiger partial charge in [0.15, 0.2) is 0 Å². The predicted molar refractivity (Wildman–Crippen MR) is 67.7 cm³/mol. The molecule has 1 aromatic carbocycles. The van der Waals surface area contributed by atoms with E-state index in [1.165, 1.54) is 6.07 Å². The molecule has 5 nitrogen and oxygen atoms in total. The van der Waals surface area contributed by atoms with E-state index < -0.39 is 17.3 Å². The van der Waals surface area contributed by atoms with Gasteiger partial charge >= 0.3 is 12.0 Å². The fourth-order valence-corrected chi connectivity index (χ4v) is 1.80. The van der Waals surface area contributed by atoms with Crippen LogP contribution >= 0.6 is 0 Å². The first-order chi connectivity index (χ1) is 9.08. The average molecular weight is 264 g/mol. The summed E-state index contributed by atoms with van der Waals surface area (Å²) in [5.41, 5.74) is -0.199. The number of aromatic carboxylic acids is 1. The molecule has 0 radical (unpaired) electrons. The summed E-state index contributed by atoms with van der Waals surface area (Å²) in [6.45, 7) is 1.12. The maximum absolute atomic E-state index is 13.2. The smallest absolute Gasteiger partial charge is 0.338 e. The van der Waals surface area contributed by atoms with E-state index in [4.69, 9.17) is 5.11 Å². The van der Waals surface area contributed by atoms with Crippen LogP contribution in [0.15, 0.2) is 30.4 Å². The Hall–Kier alpha value is -2.37. The number of benzene rings is 1. The molecule has 0 atom stereocenters. The molecular formula is C13H13FN2O3. The second-order valence-corrected chi connectivity index (χ2v) is 4.14. The highest BCUT2D eigenvalue weighted by molar-refractivity contribution is 5.93. The summed E-state index contributed by atoms with van der Waals surface area (Å²) < 4.78 is 13.2. The van der Waals surface area contributed by atoms with Crippen molar-refractivity contribution in [1.82, 2.24) is 4.90 Å². The average Bonchev–Trinajstić information content (AvgIpc) is 2.41. The Morgan fingerprint density at radius 3 is 2.74 bits per heavy atom. The van der Waals surface area contributed by atoms with Gasteiger partial charge in [-0.05, 0) is 24.6 Å². The van der Waals surface area contributed by atoms with E-state index in [0.717, 1.165) is 18.6 Å². The minimum Gasteiger partial charge on any atom is -0.478 e. The van der Waals surface area contributed by atoms with Gasteiger partial charge in [0.25, 0.3) is 0 Å². The number of carbonyl (C=O) groups is 2. The fourth-order valence-electron chi connectivity index (χ4n) is 1.80. The van der Waals surface area contributed by atoms with Gasteiger partial charge < -0.3 is 15.3 Å². The van der Waals surface area contributed by atoms with Crippen LogP contribution in [0, 0.1) is 5.82 Å². The molecule has 0 unspecified atom stereocenters. The van der Waals surface area contributed by atoms with Crippen molar-refractivity contribution >= 4 is 17.7 Å². The summed E-state index contributed by atoms with van der Waals surface area (Å²) in [6.07, 6.45) is 4.66. The number of rotatable bonds is 2. The zero-order valence-corrected chi connectivity index (χ0v) is 10.1. The van der Waals surface area contributed by atoms with E-state index in [1.54, 1.807) is 4.90 Å². The van der Waals surface area contributed by atoms with E-state index in [0.29, 0.717) is 13.1 Å². The molecule has 19 heavy (non-hydrogen) atoms.